The zero-order valence-electron chi connectivity index (χ0n) is 14.4. The molecule has 2 aliphatic rings. The first kappa shape index (κ1) is 16.9. The summed E-state index contributed by atoms with van der Waals surface area (Å²) in [6, 6.07) is 8.35. The topological polar surface area (TPSA) is 35.9 Å². The molecular weight excluding hydrogens is 350 g/mol. The lowest BCUT2D eigenvalue weighted by molar-refractivity contribution is -0.134. The van der Waals surface area contributed by atoms with Crippen LogP contribution in [0.15, 0.2) is 40.1 Å². The van der Waals surface area contributed by atoms with E-state index in [0.717, 1.165) is 25.2 Å². The van der Waals surface area contributed by atoms with Crippen LogP contribution < -0.4 is 0 Å². The molecule has 0 saturated carbocycles. The zero-order valence-corrected chi connectivity index (χ0v) is 16.1. The molecule has 1 amide bonds. The van der Waals surface area contributed by atoms with Gasteiger partial charge in [0.2, 0.25) is 0 Å². The molecule has 1 fully saturated rings. The van der Waals surface area contributed by atoms with Crippen LogP contribution in [0.2, 0.25) is 0 Å². The van der Waals surface area contributed by atoms with Gasteiger partial charge >= 0.3 is 0 Å². The molecule has 0 spiro atoms. The maximum atomic E-state index is 13.0. The lowest BCUT2D eigenvalue weighted by Gasteiger charge is -2.31. The lowest BCUT2D eigenvalue weighted by Crippen LogP contribution is -2.42. The molecule has 2 aromatic heterocycles. The van der Waals surface area contributed by atoms with E-state index >= 15 is 0 Å². The molecule has 0 aromatic carbocycles. The maximum absolute atomic E-state index is 13.0. The quantitative estimate of drug-likeness (QED) is 0.804. The Morgan fingerprint density at radius 1 is 1.28 bits per heavy atom. The standard InChI is InChI=1S/C19H23N3OS2/c1-14-5-2-8-21(12-14)13-19(23)22-16(18-7-4-10-25-18)11-15(20-22)17-6-3-9-24-17/h3-4,6-7,9-10,14,16H,2,5,8,11-13H2,1H3. The Bertz CT molecular complexity index is 739. The van der Waals surface area contributed by atoms with Crippen LogP contribution in [-0.2, 0) is 4.79 Å². The molecule has 2 atom stereocenters. The van der Waals surface area contributed by atoms with Gasteiger partial charge in [-0.15, -0.1) is 22.7 Å². The van der Waals surface area contributed by atoms with Gasteiger partial charge in [0.05, 0.1) is 23.2 Å². The van der Waals surface area contributed by atoms with Gasteiger partial charge in [-0.2, -0.15) is 5.10 Å². The summed E-state index contributed by atoms with van der Waals surface area (Å²) in [5, 5.41) is 10.6. The summed E-state index contributed by atoms with van der Waals surface area (Å²) in [6.45, 7) is 4.79. The summed E-state index contributed by atoms with van der Waals surface area (Å²) in [5.74, 6) is 0.803. The largest absolute Gasteiger partial charge is 0.294 e. The average Bonchev–Trinajstić information content (AvgIpc) is 3.34. The van der Waals surface area contributed by atoms with Crippen molar-refractivity contribution in [2.45, 2.75) is 32.2 Å². The number of rotatable bonds is 4. The smallest absolute Gasteiger partial charge is 0.257 e. The minimum absolute atomic E-state index is 0.0480. The molecule has 4 rings (SSSR count). The third-order valence-corrected chi connectivity index (χ3v) is 6.84. The van der Waals surface area contributed by atoms with Crippen molar-refractivity contribution in [2.75, 3.05) is 19.6 Å². The van der Waals surface area contributed by atoms with Crippen molar-refractivity contribution in [1.29, 1.82) is 0 Å². The van der Waals surface area contributed by atoms with Gasteiger partial charge in [0.15, 0.2) is 0 Å². The highest BCUT2D eigenvalue weighted by Crippen LogP contribution is 2.36. The molecule has 6 heteroatoms. The Labute approximate surface area is 156 Å². The van der Waals surface area contributed by atoms with E-state index in [9.17, 15) is 4.79 Å². The number of piperidine rings is 1. The fourth-order valence-electron chi connectivity index (χ4n) is 3.73. The molecule has 1 saturated heterocycles. The minimum atomic E-state index is 0.0480. The minimum Gasteiger partial charge on any atom is -0.294 e. The number of amides is 1. The fourth-order valence-corrected chi connectivity index (χ4v) is 5.26. The van der Waals surface area contributed by atoms with E-state index in [2.05, 4.69) is 40.8 Å². The summed E-state index contributed by atoms with van der Waals surface area (Å²) in [7, 11) is 0. The van der Waals surface area contributed by atoms with Crippen LogP contribution in [0.25, 0.3) is 0 Å². The van der Waals surface area contributed by atoms with E-state index in [0.29, 0.717) is 12.5 Å². The molecule has 132 valence electrons. The fraction of sp³-hybridized carbons (Fsp3) is 0.474. The van der Waals surface area contributed by atoms with Crippen molar-refractivity contribution >= 4 is 34.3 Å². The van der Waals surface area contributed by atoms with Crippen LogP contribution in [0.1, 0.15) is 42.0 Å². The summed E-state index contributed by atoms with van der Waals surface area (Å²) in [6.07, 6.45) is 3.27. The second-order valence-corrected chi connectivity index (χ2v) is 8.91. The lowest BCUT2D eigenvalue weighted by atomic mass is 10.0. The molecule has 0 N–H and O–H groups in total. The number of hydrogen-bond donors (Lipinski definition) is 0. The second-order valence-electron chi connectivity index (χ2n) is 6.98. The Hall–Kier alpha value is -1.50. The van der Waals surface area contributed by atoms with E-state index < -0.39 is 0 Å². The maximum Gasteiger partial charge on any atom is 0.257 e. The van der Waals surface area contributed by atoms with E-state index in [4.69, 9.17) is 5.10 Å². The normalized spacial score (nSPS) is 24.5. The van der Waals surface area contributed by atoms with Gasteiger partial charge < -0.3 is 0 Å². The number of thiophene rings is 2. The van der Waals surface area contributed by atoms with Crippen LogP contribution >= 0.6 is 22.7 Å². The van der Waals surface area contributed by atoms with Crippen molar-refractivity contribution in [3.63, 3.8) is 0 Å². The molecule has 0 bridgehead atoms. The monoisotopic (exact) mass is 373 g/mol. The Balaban J connectivity index is 1.54. The predicted molar refractivity (Wildman–Crippen MR) is 104 cm³/mol. The SMILES string of the molecule is CC1CCCN(CC(=O)N2N=C(c3cccs3)CC2c2cccs2)C1. The second kappa shape index (κ2) is 7.40. The molecule has 4 heterocycles. The summed E-state index contributed by atoms with van der Waals surface area (Å²) >= 11 is 3.40. The molecule has 0 radical (unpaired) electrons. The van der Waals surface area contributed by atoms with Crippen LogP contribution in [-0.4, -0.2) is 41.2 Å². The number of likely N-dealkylation sites (tertiary alicyclic amines) is 1. The van der Waals surface area contributed by atoms with Gasteiger partial charge in [-0.25, -0.2) is 5.01 Å². The van der Waals surface area contributed by atoms with Gasteiger partial charge in [0, 0.05) is 17.8 Å². The van der Waals surface area contributed by atoms with E-state index in [-0.39, 0.29) is 11.9 Å². The number of carbonyl (C=O) groups excluding carboxylic acids is 1. The molecule has 25 heavy (non-hydrogen) atoms. The van der Waals surface area contributed by atoms with Crippen molar-refractivity contribution in [1.82, 2.24) is 9.91 Å². The Morgan fingerprint density at radius 2 is 2.12 bits per heavy atom. The number of carbonyl (C=O) groups is 1. The highest BCUT2D eigenvalue weighted by Gasteiger charge is 2.34. The molecule has 4 nitrogen and oxygen atoms in total. The molecule has 2 unspecified atom stereocenters. The van der Waals surface area contributed by atoms with Gasteiger partial charge in [-0.1, -0.05) is 19.1 Å². The van der Waals surface area contributed by atoms with Gasteiger partial charge in [-0.3, -0.25) is 9.69 Å². The first-order valence-corrected chi connectivity index (χ1v) is 10.7. The van der Waals surface area contributed by atoms with Crippen molar-refractivity contribution in [3.8, 4) is 0 Å². The van der Waals surface area contributed by atoms with Gasteiger partial charge in [0.1, 0.15) is 0 Å². The van der Waals surface area contributed by atoms with Crippen molar-refractivity contribution in [3.05, 3.63) is 44.8 Å². The van der Waals surface area contributed by atoms with Crippen LogP contribution in [0.5, 0.6) is 0 Å². The van der Waals surface area contributed by atoms with Crippen molar-refractivity contribution in [2.24, 2.45) is 11.0 Å². The summed E-state index contributed by atoms with van der Waals surface area (Å²) in [4.78, 5) is 17.7. The highest BCUT2D eigenvalue weighted by molar-refractivity contribution is 7.12. The molecule has 2 aromatic rings. The van der Waals surface area contributed by atoms with E-state index in [1.54, 1.807) is 27.7 Å². The van der Waals surface area contributed by atoms with Gasteiger partial charge in [-0.05, 0) is 48.2 Å². The molecular formula is C19H23N3OS2. The predicted octanol–water partition coefficient (Wildman–Crippen LogP) is 4.22. The first-order valence-electron chi connectivity index (χ1n) is 8.90. The highest BCUT2D eigenvalue weighted by atomic mass is 32.1. The molecule has 2 aliphatic heterocycles. The van der Waals surface area contributed by atoms with Crippen LogP contribution in [0.3, 0.4) is 0 Å². The summed E-state index contributed by atoms with van der Waals surface area (Å²) < 4.78 is 0. The van der Waals surface area contributed by atoms with Crippen LogP contribution in [0.4, 0.5) is 0 Å². The van der Waals surface area contributed by atoms with E-state index in [1.165, 1.54) is 22.6 Å². The number of hydrazone groups is 1. The van der Waals surface area contributed by atoms with Gasteiger partial charge in [0.25, 0.3) is 5.91 Å². The average molecular weight is 374 g/mol. The Kier molecular flexibility index (Phi) is 5.01. The molecule has 0 aliphatic carbocycles. The zero-order chi connectivity index (χ0) is 17.2. The van der Waals surface area contributed by atoms with Crippen molar-refractivity contribution < 1.29 is 4.79 Å². The number of nitrogens with zero attached hydrogens (tertiary/aromatic N) is 3. The first-order chi connectivity index (χ1) is 12.2. The van der Waals surface area contributed by atoms with E-state index in [1.807, 2.05) is 6.07 Å². The third-order valence-electron chi connectivity index (χ3n) is 4.94. The number of hydrogen-bond acceptors (Lipinski definition) is 5. The van der Waals surface area contributed by atoms with Crippen LogP contribution in [0, 0.1) is 5.92 Å². The Morgan fingerprint density at radius 3 is 2.84 bits per heavy atom. The third kappa shape index (κ3) is 3.71. The summed E-state index contributed by atoms with van der Waals surface area (Å²) in [5.41, 5.74) is 1.04.